The molecule has 0 aliphatic heterocycles. The van der Waals surface area contributed by atoms with Crippen molar-refractivity contribution in [3.05, 3.63) is 29.6 Å². The molecular formula is C13H16FN3O. The Bertz CT molecular complexity index is 537. The second kappa shape index (κ2) is 5.16. The van der Waals surface area contributed by atoms with E-state index in [0.29, 0.717) is 23.3 Å². The first-order valence-corrected chi connectivity index (χ1v) is 5.90. The van der Waals surface area contributed by atoms with Gasteiger partial charge in [-0.25, -0.2) is 4.39 Å². The molecule has 1 aromatic carbocycles. The molecule has 0 saturated carbocycles. The summed E-state index contributed by atoms with van der Waals surface area (Å²) in [7, 11) is 0. The first-order valence-electron chi connectivity index (χ1n) is 5.90. The van der Waals surface area contributed by atoms with Crippen molar-refractivity contribution in [1.29, 1.82) is 0 Å². The van der Waals surface area contributed by atoms with Crippen LogP contribution in [0.15, 0.2) is 22.7 Å². The number of aromatic nitrogens is 2. The van der Waals surface area contributed by atoms with E-state index in [1.54, 1.807) is 6.07 Å². The molecule has 18 heavy (non-hydrogen) atoms. The third kappa shape index (κ3) is 2.85. The molecule has 0 aliphatic carbocycles. The fraction of sp³-hybridized carbons (Fsp3) is 0.385. The zero-order valence-electron chi connectivity index (χ0n) is 10.7. The minimum atomic E-state index is -0.308. The third-order valence-corrected chi connectivity index (χ3v) is 2.53. The van der Waals surface area contributed by atoms with Crippen molar-refractivity contribution in [2.75, 3.05) is 11.9 Å². The topological polar surface area (TPSA) is 51.0 Å². The van der Waals surface area contributed by atoms with Crippen molar-refractivity contribution >= 4 is 6.01 Å². The molecule has 0 saturated heterocycles. The van der Waals surface area contributed by atoms with Gasteiger partial charge in [-0.15, -0.1) is 0 Å². The van der Waals surface area contributed by atoms with Gasteiger partial charge in [-0.05, 0) is 30.5 Å². The highest BCUT2D eigenvalue weighted by Crippen LogP contribution is 2.22. The zero-order chi connectivity index (χ0) is 13.1. The number of aryl methyl sites for hydroxylation is 1. The van der Waals surface area contributed by atoms with Crippen LogP contribution in [0.3, 0.4) is 0 Å². The molecule has 0 aliphatic rings. The molecule has 96 valence electrons. The number of benzene rings is 1. The van der Waals surface area contributed by atoms with Crippen LogP contribution in [0.1, 0.15) is 19.4 Å². The van der Waals surface area contributed by atoms with Gasteiger partial charge >= 0.3 is 6.01 Å². The van der Waals surface area contributed by atoms with Crippen molar-refractivity contribution < 1.29 is 8.91 Å². The second-order valence-corrected chi connectivity index (χ2v) is 4.66. The molecule has 4 nitrogen and oxygen atoms in total. The Morgan fingerprint density at radius 3 is 2.89 bits per heavy atom. The fourth-order valence-corrected chi connectivity index (χ4v) is 1.53. The van der Waals surface area contributed by atoms with Gasteiger partial charge in [0.05, 0.1) is 0 Å². The van der Waals surface area contributed by atoms with Crippen LogP contribution < -0.4 is 5.32 Å². The zero-order valence-corrected chi connectivity index (χ0v) is 10.7. The largest absolute Gasteiger partial charge is 0.337 e. The van der Waals surface area contributed by atoms with Gasteiger partial charge in [0.15, 0.2) is 0 Å². The SMILES string of the molecule is Cc1ccc(F)cc1-c1noc(NCC(C)C)n1. The molecule has 5 heteroatoms. The average Bonchev–Trinajstić information content (AvgIpc) is 2.78. The van der Waals surface area contributed by atoms with E-state index in [1.165, 1.54) is 12.1 Å². The summed E-state index contributed by atoms with van der Waals surface area (Å²) in [5.41, 5.74) is 1.56. The van der Waals surface area contributed by atoms with Crippen LogP contribution in [0.5, 0.6) is 0 Å². The second-order valence-electron chi connectivity index (χ2n) is 4.66. The Balaban J connectivity index is 2.21. The predicted octanol–water partition coefficient (Wildman–Crippen LogP) is 3.25. The van der Waals surface area contributed by atoms with Gasteiger partial charge < -0.3 is 9.84 Å². The molecule has 0 unspecified atom stereocenters. The molecule has 0 bridgehead atoms. The standard InChI is InChI=1S/C13H16FN3O/c1-8(2)7-15-13-16-12(17-18-13)11-6-10(14)5-4-9(11)3/h4-6,8H,7H2,1-3H3,(H,15,16,17). The number of anilines is 1. The van der Waals surface area contributed by atoms with E-state index < -0.39 is 0 Å². The third-order valence-electron chi connectivity index (χ3n) is 2.53. The number of nitrogens with zero attached hydrogens (tertiary/aromatic N) is 2. The van der Waals surface area contributed by atoms with Gasteiger partial charge in [0.1, 0.15) is 5.82 Å². The summed E-state index contributed by atoms with van der Waals surface area (Å²) < 4.78 is 18.3. The lowest BCUT2D eigenvalue weighted by molar-refractivity contribution is 0.429. The van der Waals surface area contributed by atoms with E-state index in [9.17, 15) is 4.39 Å². The van der Waals surface area contributed by atoms with E-state index in [1.807, 2.05) is 6.92 Å². The van der Waals surface area contributed by atoms with Gasteiger partial charge in [-0.3, -0.25) is 0 Å². The summed E-state index contributed by atoms with van der Waals surface area (Å²) in [4.78, 5) is 4.20. The fourth-order valence-electron chi connectivity index (χ4n) is 1.53. The normalized spacial score (nSPS) is 10.9. The highest BCUT2D eigenvalue weighted by molar-refractivity contribution is 5.60. The van der Waals surface area contributed by atoms with Crippen molar-refractivity contribution in [3.8, 4) is 11.4 Å². The summed E-state index contributed by atoms with van der Waals surface area (Å²) in [6.07, 6.45) is 0. The maximum atomic E-state index is 13.2. The van der Waals surface area contributed by atoms with E-state index >= 15 is 0 Å². The summed E-state index contributed by atoms with van der Waals surface area (Å²) in [6, 6.07) is 4.88. The number of hydrogen-bond acceptors (Lipinski definition) is 4. The maximum Gasteiger partial charge on any atom is 0.321 e. The molecule has 0 amide bonds. The van der Waals surface area contributed by atoms with E-state index in [2.05, 4.69) is 29.3 Å². The Labute approximate surface area is 105 Å². The molecule has 2 aromatic rings. The Morgan fingerprint density at radius 2 is 2.17 bits per heavy atom. The smallest absolute Gasteiger partial charge is 0.321 e. The van der Waals surface area contributed by atoms with Crippen LogP contribution in [0.4, 0.5) is 10.4 Å². The summed E-state index contributed by atoms with van der Waals surface area (Å²) in [5, 5.41) is 6.89. The van der Waals surface area contributed by atoms with Crippen molar-refractivity contribution in [2.45, 2.75) is 20.8 Å². The number of nitrogens with one attached hydrogen (secondary N) is 1. The van der Waals surface area contributed by atoms with Gasteiger partial charge in [0.2, 0.25) is 5.82 Å². The number of hydrogen-bond donors (Lipinski definition) is 1. The quantitative estimate of drug-likeness (QED) is 0.903. The molecular weight excluding hydrogens is 233 g/mol. The molecule has 0 spiro atoms. The summed E-state index contributed by atoms with van der Waals surface area (Å²) >= 11 is 0. The highest BCUT2D eigenvalue weighted by atomic mass is 19.1. The summed E-state index contributed by atoms with van der Waals surface area (Å²) in [6.45, 7) is 6.80. The van der Waals surface area contributed by atoms with Crippen LogP contribution in [-0.4, -0.2) is 16.7 Å². The molecule has 0 atom stereocenters. The van der Waals surface area contributed by atoms with Gasteiger partial charge in [0, 0.05) is 12.1 Å². The first-order chi connectivity index (χ1) is 8.56. The van der Waals surface area contributed by atoms with Crippen molar-refractivity contribution in [2.24, 2.45) is 5.92 Å². The van der Waals surface area contributed by atoms with E-state index in [0.717, 1.165) is 12.1 Å². The lowest BCUT2D eigenvalue weighted by Gasteiger charge is -2.02. The van der Waals surface area contributed by atoms with Gasteiger partial charge in [0.25, 0.3) is 0 Å². The molecule has 1 N–H and O–H groups in total. The Morgan fingerprint density at radius 1 is 1.39 bits per heavy atom. The van der Waals surface area contributed by atoms with E-state index in [-0.39, 0.29) is 5.82 Å². The van der Waals surface area contributed by atoms with Gasteiger partial charge in [-0.2, -0.15) is 4.98 Å². The molecule has 2 rings (SSSR count). The van der Waals surface area contributed by atoms with Crippen LogP contribution in [-0.2, 0) is 0 Å². The molecule has 1 heterocycles. The first kappa shape index (κ1) is 12.5. The van der Waals surface area contributed by atoms with Crippen LogP contribution >= 0.6 is 0 Å². The van der Waals surface area contributed by atoms with Crippen LogP contribution in [0, 0.1) is 18.7 Å². The minimum absolute atomic E-state index is 0.308. The maximum absolute atomic E-state index is 13.2. The van der Waals surface area contributed by atoms with E-state index in [4.69, 9.17) is 4.52 Å². The monoisotopic (exact) mass is 249 g/mol. The number of halogens is 1. The molecule has 0 radical (unpaired) electrons. The van der Waals surface area contributed by atoms with Crippen molar-refractivity contribution in [1.82, 2.24) is 10.1 Å². The highest BCUT2D eigenvalue weighted by Gasteiger charge is 2.11. The van der Waals surface area contributed by atoms with Crippen molar-refractivity contribution in [3.63, 3.8) is 0 Å². The van der Waals surface area contributed by atoms with Crippen LogP contribution in [0.2, 0.25) is 0 Å². The lowest BCUT2D eigenvalue weighted by Crippen LogP contribution is -2.07. The molecule has 0 fully saturated rings. The number of rotatable bonds is 4. The van der Waals surface area contributed by atoms with Crippen LogP contribution in [0.25, 0.3) is 11.4 Å². The minimum Gasteiger partial charge on any atom is -0.337 e. The lowest BCUT2D eigenvalue weighted by atomic mass is 10.1. The summed E-state index contributed by atoms with van der Waals surface area (Å²) in [5.74, 6) is 0.576. The Kier molecular flexibility index (Phi) is 3.60. The average molecular weight is 249 g/mol. The Hall–Kier alpha value is -1.91. The van der Waals surface area contributed by atoms with Gasteiger partial charge in [-0.1, -0.05) is 25.1 Å². The predicted molar refractivity (Wildman–Crippen MR) is 67.8 cm³/mol. The molecule has 1 aromatic heterocycles.